The van der Waals surface area contributed by atoms with Crippen molar-refractivity contribution in [3.05, 3.63) is 35.7 Å². The highest BCUT2D eigenvalue weighted by atomic mass is 32.2. The summed E-state index contributed by atoms with van der Waals surface area (Å²) in [7, 11) is -4.05. The van der Waals surface area contributed by atoms with Crippen LogP contribution in [0.15, 0.2) is 29.2 Å². The van der Waals surface area contributed by atoms with E-state index in [2.05, 4.69) is 14.9 Å². The Bertz CT molecular complexity index is 877. The number of sulfonamides is 1. The standard InChI is InChI=1S/C16H21F3N4O3S/c1-5-23-14(20-21-15(23)26-10(2)3)11(4)22-27(24,25)13-8-6-12(7-9-13)16(17,18)19/h6-11,22H,5H2,1-4H3/t11-/m1/s1. The van der Waals surface area contributed by atoms with Gasteiger partial charge in [-0.2, -0.15) is 13.2 Å². The van der Waals surface area contributed by atoms with E-state index in [0.29, 0.717) is 12.4 Å². The molecule has 2 aromatic rings. The molecule has 1 N–H and O–H groups in total. The Morgan fingerprint density at radius 2 is 1.74 bits per heavy atom. The fourth-order valence-corrected chi connectivity index (χ4v) is 3.59. The lowest BCUT2D eigenvalue weighted by Gasteiger charge is -2.16. The van der Waals surface area contributed by atoms with Gasteiger partial charge in [0, 0.05) is 6.54 Å². The topological polar surface area (TPSA) is 86.1 Å². The highest BCUT2D eigenvalue weighted by Crippen LogP contribution is 2.30. The summed E-state index contributed by atoms with van der Waals surface area (Å²) in [4.78, 5) is -0.274. The van der Waals surface area contributed by atoms with E-state index in [9.17, 15) is 21.6 Å². The van der Waals surface area contributed by atoms with Gasteiger partial charge in [0.2, 0.25) is 10.0 Å². The van der Waals surface area contributed by atoms with Crippen molar-refractivity contribution in [2.75, 3.05) is 0 Å². The normalized spacial score (nSPS) is 13.8. The number of aromatic nitrogens is 3. The first kappa shape index (κ1) is 21.2. The number of alkyl halides is 3. The molecule has 0 aliphatic rings. The van der Waals surface area contributed by atoms with Gasteiger partial charge in [-0.3, -0.25) is 4.57 Å². The van der Waals surface area contributed by atoms with Crippen LogP contribution < -0.4 is 9.46 Å². The summed E-state index contributed by atoms with van der Waals surface area (Å²) in [5, 5.41) is 7.90. The molecule has 1 heterocycles. The molecule has 7 nitrogen and oxygen atoms in total. The summed E-state index contributed by atoms with van der Waals surface area (Å²) in [6, 6.07) is 2.77. The van der Waals surface area contributed by atoms with Gasteiger partial charge in [-0.05, 0) is 52.0 Å². The summed E-state index contributed by atoms with van der Waals surface area (Å²) < 4.78 is 72.4. The van der Waals surface area contributed by atoms with Crippen LogP contribution in [0.1, 0.15) is 45.1 Å². The molecule has 0 amide bonds. The summed E-state index contributed by atoms with van der Waals surface area (Å²) in [5.41, 5.74) is -0.921. The van der Waals surface area contributed by atoms with Gasteiger partial charge in [0.25, 0.3) is 0 Å². The Balaban J connectivity index is 2.24. The molecule has 0 saturated carbocycles. The van der Waals surface area contributed by atoms with Crippen molar-refractivity contribution < 1.29 is 26.3 Å². The van der Waals surface area contributed by atoms with Gasteiger partial charge in [0.05, 0.1) is 22.6 Å². The lowest BCUT2D eigenvalue weighted by molar-refractivity contribution is -0.137. The van der Waals surface area contributed by atoms with Crippen LogP contribution in [0.5, 0.6) is 6.01 Å². The molecule has 1 atom stereocenters. The zero-order valence-corrected chi connectivity index (χ0v) is 16.1. The number of nitrogens with one attached hydrogen (secondary N) is 1. The number of benzene rings is 1. The van der Waals surface area contributed by atoms with E-state index in [1.165, 1.54) is 0 Å². The van der Waals surface area contributed by atoms with E-state index >= 15 is 0 Å². The van der Waals surface area contributed by atoms with Crippen LogP contribution in [-0.4, -0.2) is 29.3 Å². The molecular weight excluding hydrogens is 385 g/mol. The minimum Gasteiger partial charge on any atom is -0.461 e. The lowest BCUT2D eigenvalue weighted by Crippen LogP contribution is -2.29. The Kier molecular flexibility index (Phi) is 6.15. The molecule has 0 unspecified atom stereocenters. The van der Waals surface area contributed by atoms with Crippen molar-refractivity contribution in [2.24, 2.45) is 0 Å². The second kappa shape index (κ2) is 7.85. The van der Waals surface area contributed by atoms with E-state index in [0.717, 1.165) is 24.3 Å². The number of ether oxygens (including phenoxy) is 1. The minimum absolute atomic E-state index is 0.133. The monoisotopic (exact) mass is 406 g/mol. The first-order valence-corrected chi connectivity index (χ1v) is 9.73. The molecule has 1 aromatic carbocycles. The van der Waals surface area contributed by atoms with Crippen LogP contribution in [0.25, 0.3) is 0 Å². The average Bonchev–Trinajstić information content (AvgIpc) is 2.95. The highest BCUT2D eigenvalue weighted by Gasteiger charge is 2.31. The zero-order chi connectivity index (χ0) is 20.4. The Morgan fingerprint density at radius 1 is 1.15 bits per heavy atom. The summed E-state index contributed by atoms with van der Waals surface area (Å²) in [6.07, 6.45) is -4.67. The van der Waals surface area contributed by atoms with E-state index in [4.69, 9.17) is 4.74 Å². The van der Waals surface area contributed by atoms with Gasteiger partial charge < -0.3 is 4.74 Å². The Hall–Kier alpha value is -2.14. The third-order valence-corrected chi connectivity index (χ3v) is 5.17. The zero-order valence-electron chi connectivity index (χ0n) is 15.3. The van der Waals surface area contributed by atoms with Gasteiger partial charge in [-0.1, -0.05) is 5.10 Å². The number of rotatable bonds is 7. The number of hydrogen-bond acceptors (Lipinski definition) is 5. The maximum absolute atomic E-state index is 12.6. The van der Waals surface area contributed by atoms with Crippen molar-refractivity contribution in [1.82, 2.24) is 19.5 Å². The molecule has 0 saturated heterocycles. The van der Waals surface area contributed by atoms with Gasteiger partial charge in [-0.25, -0.2) is 13.1 Å². The first-order valence-electron chi connectivity index (χ1n) is 8.25. The van der Waals surface area contributed by atoms with Crippen molar-refractivity contribution in [2.45, 2.75) is 57.5 Å². The number of hydrogen-bond donors (Lipinski definition) is 1. The lowest BCUT2D eigenvalue weighted by atomic mass is 10.2. The van der Waals surface area contributed by atoms with Crippen LogP contribution in [0.3, 0.4) is 0 Å². The van der Waals surface area contributed by atoms with Gasteiger partial charge in [-0.15, -0.1) is 5.10 Å². The van der Waals surface area contributed by atoms with Crippen LogP contribution in [0, 0.1) is 0 Å². The van der Waals surface area contributed by atoms with Crippen LogP contribution >= 0.6 is 0 Å². The summed E-state index contributed by atoms with van der Waals surface area (Å²) in [6.45, 7) is 7.50. The highest BCUT2D eigenvalue weighted by molar-refractivity contribution is 7.89. The Labute approximate surface area is 155 Å². The van der Waals surface area contributed by atoms with Crippen LogP contribution in [-0.2, 0) is 22.7 Å². The smallest absolute Gasteiger partial charge is 0.416 e. The molecule has 11 heteroatoms. The van der Waals surface area contributed by atoms with Gasteiger partial charge in [0.15, 0.2) is 5.82 Å². The Morgan fingerprint density at radius 3 is 2.22 bits per heavy atom. The SMILES string of the molecule is CCn1c(OC(C)C)nnc1[C@@H](C)NS(=O)(=O)c1ccc(C(F)(F)F)cc1. The van der Waals surface area contributed by atoms with Gasteiger partial charge >= 0.3 is 12.2 Å². The molecule has 150 valence electrons. The van der Waals surface area contributed by atoms with E-state index in [1.54, 1.807) is 11.5 Å². The van der Waals surface area contributed by atoms with E-state index < -0.39 is 27.8 Å². The van der Waals surface area contributed by atoms with E-state index in [-0.39, 0.29) is 17.0 Å². The number of nitrogens with zero attached hydrogens (tertiary/aromatic N) is 3. The van der Waals surface area contributed by atoms with Crippen molar-refractivity contribution in [3.63, 3.8) is 0 Å². The van der Waals surface area contributed by atoms with Crippen LogP contribution in [0.4, 0.5) is 13.2 Å². The predicted molar refractivity (Wildman–Crippen MR) is 91.6 cm³/mol. The van der Waals surface area contributed by atoms with Crippen LogP contribution in [0.2, 0.25) is 0 Å². The molecule has 0 spiro atoms. The van der Waals surface area contributed by atoms with E-state index in [1.807, 2.05) is 20.8 Å². The van der Waals surface area contributed by atoms with Crippen molar-refractivity contribution in [1.29, 1.82) is 0 Å². The third-order valence-electron chi connectivity index (χ3n) is 3.61. The second-order valence-corrected chi connectivity index (χ2v) is 7.83. The molecule has 1 aromatic heterocycles. The predicted octanol–water partition coefficient (Wildman–Crippen LogP) is 3.14. The van der Waals surface area contributed by atoms with Crippen molar-refractivity contribution in [3.8, 4) is 6.01 Å². The fourth-order valence-electron chi connectivity index (χ4n) is 2.39. The fraction of sp³-hybridized carbons (Fsp3) is 0.500. The molecule has 27 heavy (non-hydrogen) atoms. The van der Waals surface area contributed by atoms with Gasteiger partial charge in [0.1, 0.15) is 0 Å². The first-order chi connectivity index (χ1) is 12.5. The summed E-state index contributed by atoms with van der Waals surface area (Å²) >= 11 is 0. The summed E-state index contributed by atoms with van der Waals surface area (Å²) in [5.74, 6) is 0.337. The quantitative estimate of drug-likeness (QED) is 0.763. The average molecular weight is 406 g/mol. The molecule has 2 rings (SSSR count). The molecule has 0 radical (unpaired) electrons. The molecule has 0 aliphatic carbocycles. The largest absolute Gasteiger partial charge is 0.461 e. The molecule has 0 bridgehead atoms. The maximum Gasteiger partial charge on any atom is 0.416 e. The molecular formula is C16H21F3N4O3S. The third kappa shape index (κ3) is 4.98. The molecule has 0 fully saturated rings. The minimum atomic E-state index is -4.53. The maximum atomic E-state index is 12.6. The van der Waals surface area contributed by atoms with Crippen molar-refractivity contribution >= 4 is 10.0 Å². The number of halogens is 3. The molecule has 0 aliphatic heterocycles. The second-order valence-electron chi connectivity index (χ2n) is 6.12.